The van der Waals surface area contributed by atoms with Crippen molar-refractivity contribution in [3.05, 3.63) is 45.5 Å². The molecule has 10 nitrogen and oxygen atoms in total. The monoisotopic (exact) mass is 557 g/mol. The highest BCUT2D eigenvalue weighted by Gasteiger charge is 2.64. The van der Waals surface area contributed by atoms with E-state index in [0.29, 0.717) is 12.0 Å². The number of phenolic OH excluding ortho intramolecular Hbond substituents is 1. The molecule has 4 aliphatic carbocycles. The molecule has 0 aliphatic heterocycles. The van der Waals surface area contributed by atoms with Gasteiger partial charge in [-0.05, 0) is 57.7 Å². The molecule has 0 bridgehead atoms. The number of benzene rings is 1. The van der Waals surface area contributed by atoms with E-state index in [2.05, 4.69) is 18.7 Å². The molecule has 11 heteroatoms. The van der Waals surface area contributed by atoms with Crippen molar-refractivity contribution in [3.8, 4) is 5.75 Å². The van der Waals surface area contributed by atoms with Crippen molar-refractivity contribution >= 4 is 23.2 Å². The van der Waals surface area contributed by atoms with Crippen molar-refractivity contribution in [2.75, 3.05) is 20.6 Å². The molecule has 2 saturated carbocycles. The number of ketones is 2. The Balaban J connectivity index is 1.62. The first-order valence-corrected chi connectivity index (χ1v) is 13.6. The van der Waals surface area contributed by atoms with Gasteiger partial charge in [0.05, 0.1) is 11.6 Å². The molecule has 1 aromatic carbocycles. The topological polar surface area (TPSA) is 165 Å². The fraction of sp³-hybridized carbons (Fsp3) is 0.552. The zero-order valence-electron chi connectivity index (χ0n) is 23.1. The number of amides is 1. The molecule has 0 saturated heterocycles. The van der Waals surface area contributed by atoms with Crippen molar-refractivity contribution in [2.45, 2.75) is 63.8 Å². The van der Waals surface area contributed by atoms with Gasteiger partial charge in [0.2, 0.25) is 5.78 Å². The number of halogens is 1. The van der Waals surface area contributed by atoms with Gasteiger partial charge in [-0.3, -0.25) is 24.2 Å². The first-order valence-electron chi connectivity index (χ1n) is 13.6. The fourth-order valence-electron chi connectivity index (χ4n) is 6.93. The maximum Gasteiger partial charge on any atom is 0.255 e. The van der Waals surface area contributed by atoms with Crippen LogP contribution in [0.25, 0.3) is 5.76 Å². The summed E-state index contributed by atoms with van der Waals surface area (Å²) in [7, 11) is 3.06. The van der Waals surface area contributed by atoms with E-state index in [4.69, 9.17) is 5.73 Å². The van der Waals surface area contributed by atoms with Gasteiger partial charge in [-0.1, -0.05) is 13.8 Å². The Morgan fingerprint density at radius 1 is 1.20 bits per heavy atom. The third-order valence-corrected chi connectivity index (χ3v) is 8.77. The molecule has 0 unspecified atom stereocenters. The lowest BCUT2D eigenvalue weighted by molar-refractivity contribution is -0.153. The van der Waals surface area contributed by atoms with E-state index >= 15 is 4.39 Å². The van der Waals surface area contributed by atoms with Gasteiger partial charge in [0.25, 0.3) is 5.91 Å². The molecule has 0 aromatic heterocycles. The van der Waals surface area contributed by atoms with Crippen LogP contribution in [0.4, 0.5) is 4.39 Å². The maximum atomic E-state index is 16.1. The largest absolute Gasteiger partial charge is 0.508 e. The number of Topliss-reactive ketones (excluding diaryl/α,β-unsaturated/α-hetero) is 2. The third kappa shape index (κ3) is 4.13. The number of phenols is 1. The van der Waals surface area contributed by atoms with Gasteiger partial charge in [-0.2, -0.15) is 0 Å². The Kier molecular flexibility index (Phi) is 6.83. The van der Waals surface area contributed by atoms with E-state index in [1.165, 1.54) is 25.1 Å². The first-order chi connectivity index (χ1) is 18.7. The number of rotatable bonds is 7. The summed E-state index contributed by atoms with van der Waals surface area (Å²) < 4.78 is 16.1. The second-order valence-corrected chi connectivity index (χ2v) is 12.2. The summed E-state index contributed by atoms with van der Waals surface area (Å²) in [6.45, 7) is 5.21. The number of carbonyl (C=O) groups excluding carboxylic acids is 3. The van der Waals surface area contributed by atoms with E-state index in [0.717, 1.165) is 19.4 Å². The Morgan fingerprint density at radius 2 is 1.85 bits per heavy atom. The summed E-state index contributed by atoms with van der Waals surface area (Å²) in [5.74, 6) is -7.74. The minimum atomic E-state index is -2.72. The molecule has 216 valence electrons. The Bertz CT molecular complexity index is 1380. The van der Waals surface area contributed by atoms with Crippen LogP contribution in [-0.2, 0) is 27.3 Å². The normalized spacial score (nSPS) is 28.4. The number of likely N-dealkylation sites (N-methyl/N-ethyl adjacent to an activating group) is 1. The lowest BCUT2D eigenvalue weighted by Gasteiger charge is -2.50. The van der Waals surface area contributed by atoms with E-state index in [-0.39, 0.29) is 41.6 Å². The SMILES string of the molecule is CC(C)CN(Cc1cc(O)c2c(c1F)C[C@H]1C[C@H]3[C@H](N(C)C)C(=O)C(C(N)=O)=C(O)[C@@]3(O)C(=O)C1=C2O)C1CC1. The number of hydrogen-bond donors (Lipinski definition) is 5. The number of nitrogens with zero attached hydrogens (tertiary/aromatic N) is 2. The second kappa shape index (κ2) is 9.67. The summed E-state index contributed by atoms with van der Waals surface area (Å²) in [6, 6.07) is 0.423. The molecule has 40 heavy (non-hydrogen) atoms. The van der Waals surface area contributed by atoms with Crippen LogP contribution in [-0.4, -0.2) is 86.0 Å². The minimum Gasteiger partial charge on any atom is -0.508 e. The summed E-state index contributed by atoms with van der Waals surface area (Å²) in [4.78, 5) is 42.7. The smallest absolute Gasteiger partial charge is 0.255 e. The van der Waals surface area contributed by atoms with Gasteiger partial charge < -0.3 is 26.2 Å². The fourth-order valence-corrected chi connectivity index (χ4v) is 6.93. The van der Waals surface area contributed by atoms with Crippen LogP contribution in [0.5, 0.6) is 5.75 Å². The summed E-state index contributed by atoms with van der Waals surface area (Å²) in [5, 5.41) is 44.7. The average molecular weight is 558 g/mol. The number of hydrogen-bond acceptors (Lipinski definition) is 9. The molecule has 6 N–H and O–H groups in total. The maximum absolute atomic E-state index is 16.1. The number of fused-ring (bicyclic) bond motifs is 3. The first kappa shape index (κ1) is 28.3. The quantitative estimate of drug-likeness (QED) is 0.314. The van der Waals surface area contributed by atoms with E-state index < -0.39 is 69.6 Å². The lowest BCUT2D eigenvalue weighted by Crippen LogP contribution is -2.65. The molecule has 0 heterocycles. The van der Waals surface area contributed by atoms with Gasteiger partial charge in [0.15, 0.2) is 11.4 Å². The van der Waals surface area contributed by atoms with Gasteiger partial charge in [-0.25, -0.2) is 4.39 Å². The van der Waals surface area contributed by atoms with Gasteiger partial charge in [0, 0.05) is 41.7 Å². The van der Waals surface area contributed by atoms with Gasteiger partial charge in [0.1, 0.15) is 28.7 Å². The average Bonchev–Trinajstić information content (AvgIpc) is 3.69. The van der Waals surface area contributed by atoms with Crippen LogP contribution in [0.2, 0.25) is 0 Å². The molecule has 0 radical (unpaired) electrons. The molecule has 4 aliphatic rings. The summed E-state index contributed by atoms with van der Waals surface area (Å²) in [5.41, 5.74) is 1.54. The van der Waals surface area contributed by atoms with E-state index in [1.54, 1.807) is 0 Å². The molecule has 0 spiro atoms. The predicted molar refractivity (Wildman–Crippen MR) is 142 cm³/mol. The van der Waals surface area contributed by atoms with Crippen molar-refractivity contribution < 1.29 is 39.2 Å². The van der Waals surface area contributed by atoms with Crippen LogP contribution in [0.15, 0.2) is 23.0 Å². The number of nitrogens with two attached hydrogens (primary N) is 1. The zero-order valence-corrected chi connectivity index (χ0v) is 23.1. The Morgan fingerprint density at radius 3 is 2.40 bits per heavy atom. The zero-order chi connectivity index (χ0) is 29.4. The number of carbonyl (C=O) groups is 3. The molecule has 4 atom stereocenters. The van der Waals surface area contributed by atoms with Crippen LogP contribution in [0, 0.1) is 23.6 Å². The standard InChI is InChI=1S/C29H36FN3O7/c1-12(2)10-33(15-5-6-15)11-14-9-18(34)20-16(22(14)30)7-13-8-17-23(32(3)4)25(36)21(28(31)39)27(38)29(17,40)26(37)19(13)24(20)35/h9,12-13,15,17,23,34-35,38,40H,5-8,10-11H2,1-4H3,(H2,31,39)/t13-,17-,23-,29-/m0/s1. The Labute approximate surface area is 231 Å². The molecular formula is C29H36FN3O7. The predicted octanol–water partition coefficient (Wildman–Crippen LogP) is 1.72. The van der Waals surface area contributed by atoms with Crippen molar-refractivity contribution in [1.82, 2.24) is 9.80 Å². The van der Waals surface area contributed by atoms with Gasteiger partial charge in [-0.15, -0.1) is 0 Å². The Hall–Kier alpha value is -3.28. The highest BCUT2D eigenvalue weighted by molar-refractivity contribution is 6.24. The highest BCUT2D eigenvalue weighted by Crippen LogP contribution is 2.53. The second-order valence-electron chi connectivity index (χ2n) is 12.2. The van der Waals surface area contributed by atoms with Crippen LogP contribution >= 0.6 is 0 Å². The van der Waals surface area contributed by atoms with Crippen molar-refractivity contribution in [1.29, 1.82) is 0 Å². The molecule has 5 rings (SSSR count). The van der Waals surface area contributed by atoms with E-state index in [1.807, 2.05) is 0 Å². The molecule has 2 fully saturated rings. The van der Waals surface area contributed by atoms with Gasteiger partial charge >= 0.3 is 0 Å². The number of aromatic hydroxyl groups is 1. The van der Waals surface area contributed by atoms with E-state index in [9.17, 15) is 34.8 Å². The van der Waals surface area contributed by atoms with Crippen LogP contribution in [0.1, 0.15) is 49.8 Å². The van der Waals surface area contributed by atoms with Crippen LogP contribution in [0.3, 0.4) is 0 Å². The summed E-state index contributed by atoms with van der Waals surface area (Å²) in [6.07, 6.45) is 1.89. The minimum absolute atomic E-state index is 0.0564. The number of primary amides is 1. The highest BCUT2D eigenvalue weighted by atomic mass is 19.1. The van der Waals surface area contributed by atoms with Crippen LogP contribution < -0.4 is 5.73 Å². The lowest BCUT2D eigenvalue weighted by atomic mass is 9.57. The molecular weight excluding hydrogens is 521 g/mol. The summed E-state index contributed by atoms with van der Waals surface area (Å²) >= 11 is 0. The number of aliphatic hydroxyl groups excluding tert-OH is 2. The number of aliphatic hydroxyl groups is 3. The van der Waals surface area contributed by atoms with Crippen molar-refractivity contribution in [2.24, 2.45) is 23.5 Å². The molecule has 1 amide bonds. The molecule has 1 aromatic rings. The third-order valence-electron chi connectivity index (χ3n) is 8.77. The van der Waals surface area contributed by atoms with Crippen molar-refractivity contribution in [3.63, 3.8) is 0 Å².